The number of benzene rings is 1. The van der Waals surface area contributed by atoms with E-state index in [1.165, 1.54) is 102 Å². The molecule has 216 valence electrons. The smallest absolute Gasteiger partial charge is 0.246 e. The molecule has 2 atom stereocenters. The lowest BCUT2D eigenvalue weighted by Gasteiger charge is -2.42. The largest absolute Gasteiger partial charge is 0.497 e. The molecule has 39 heavy (non-hydrogen) atoms. The van der Waals surface area contributed by atoms with Crippen molar-refractivity contribution in [2.75, 3.05) is 32.5 Å². The Balaban J connectivity index is 1.34. The molecule has 0 bridgehead atoms. The standard InChI is InChI=1S/C33H51N3O2S/c1-38-31-19-16-27(17-20-31)18-21-32(37)35(26-33(22-11-23-39-33)28-12-7-5-6-8-13-28)30-24-34-36(25-30)29-14-9-3-2-4-10-15-29/h16-21,28-30,34H,2-15,22-26H2,1H3/b21-18+. The first-order chi connectivity index (χ1) is 19.2. The van der Waals surface area contributed by atoms with Crippen LogP contribution in [0.4, 0.5) is 0 Å². The Kier molecular flexibility index (Phi) is 10.7. The maximum Gasteiger partial charge on any atom is 0.246 e. The van der Waals surface area contributed by atoms with Gasteiger partial charge in [0.1, 0.15) is 5.75 Å². The number of hydrazine groups is 1. The average Bonchev–Trinajstić information content (AvgIpc) is 3.54. The van der Waals surface area contributed by atoms with Crippen LogP contribution in [0, 0.1) is 5.92 Å². The van der Waals surface area contributed by atoms with Gasteiger partial charge in [0, 0.05) is 36.5 Å². The van der Waals surface area contributed by atoms with Crippen LogP contribution in [0.2, 0.25) is 0 Å². The summed E-state index contributed by atoms with van der Waals surface area (Å²) in [4.78, 5) is 16.3. The van der Waals surface area contributed by atoms with Crippen molar-refractivity contribution in [1.82, 2.24) is 15.3 Å². The molecule has 0 spiro atoms. The van der Waals surface area contributed by atoms with Gasteiger partial charge in [-0.1, -0.05) is 69.9 Å². The Morgan fingerprint density at radius 1 is 1.00 bits per heavy atom. The van der Waals surface area contributed by atoms with Gasteiger partial charge in [-0.2, -0.15) is 11.8 Å². The van der Waals surface area contributed by atoms with Crippen LogP contribution in [0.1, 0.15) is 102 Å². The SMILES string of the molecule is COc1ccc(/C=C/C(=O)N(CC2(C3CCCCCC3)CCCS2)C2CNN(C3CCCCCCC3)C2)cc1. The molecule has 2 heterocycles. The minimum absolute atomic E-state index is 0.178. The highest BCUT2D eigenvalue weighted by Gasteiger charge is 2.46. The molecule has 5 rings (SSSR count). The van der Waals surface area contributed by atoms with Crippen molar-refractivity contribution < 1.29 is 9.53 Å². The van der Waals surface area contributed by atoms with E-state index < -0.39 is 0 Å². The Morgan fingerprint density at radius 2 is 1.67 bits per heavy atom. The van der Waals surface area contributed by atoms with Crippen LogP contribution in [0.25, 0.3) is 6.08 Å². The summed E-state index contributed by atoms with van der Waals surface area (Å²) in [5.74, 6) is 3.01. The van der Waals surface area contributed by atoms with Gasteiger partial charge in [0.15, 0.2) is 0 Å². The third-order valence-electron chi connectivity index (χ3n) is 9.88. The first-order valence-corrected chi connectivity index (χ1v) is 16.9. The summed E-state index contributed by atoms with van der Waals surface area (Å²) in [6.07, 6.45) is 23.9. The van der Waals surface area contributed by atoms with E-state index in [1.807, 2.05) is 36.4 Å². The number of nitrogens with one attached hydrogen (secondary N) is 1. The Hall–Kier alpha value is -1.50. The van der Waals surface area contributed by atoms with E-state index in [-0.39, 0.29) is 16.7 Å². The van der Waals surface area contributed by atoms with Gasteiger partial charge in [-0.05, 0) is 74.0 Å². The van der Waals surface area contributed by atoms with E-state index >= 15 is 0 Å². The van der Waals surface area contributed by atoms with Crippen molar-refractivity contribution in [3.8, 4) is 5.75 Å². The second-order valence-electron chi connectivity index (χ2n) is 12.4. The van der Waals surface area contributed by atoms with Gasteiger partial charge in [-0.3, -0.25) is 10.2 Å². The van der Waals surface area contributed by atoms with E-state index in [0.717, 1.165) is 36.9 Å². The summed E-state index contributed by atoms with van der Waals surface area (Å²) in [5, 5.41) is 2.52. The lowest BCUT2D eigenvalue weighted by molar-refractivity contribution is -0.128. The fraction of sp³-hybridized carbons (Fsp3) is 0.727. The van der Waals surface area contributed by atoms with Gasteiger partial charge in [0.05, 0.1) is 13.2 Å². The number of carbonyl (C=O) groups is 1. The normalized spacial score (nSPS) is 28.3. The van der Waals surface area contributed by atoms with Gasteiger partial charge in [0.25, 0.3) is 0 Å². The zero-order valence-electron chi connectivity index (χ0n) is 24.3. The molecule has 6 heteroatoms. The molecule has 2 aliphatic heterocycles. The lowest BCUT2D eigenvalue weighted by atomic mass is 9.81. The molecule has 2 aliphatic carbocycles. The molecule has 4 aliphatic rings. The number of thioether (sulfide) groups is 1. The molecule has 1 aromatic carbocycles. The van der Waals surface area contributed by atoms with E-state index in [2.05, 4.69) is 27.1 Å². The number of nitrogens with zero attached hydrogens (tertiary/aromatic N) is 2. The second kappa shape index (κ2) is 14.4. The summed E-state index contributed by atoms with van der Waals surface area (Å²) in [6, 6.07) is 8.82. The van der Waals surface area contributed by atoms with Crippen molar-refractivity contribution >= 4 is 23.7 Å². The van der Waals surface area contributed by atoms with Gasteiger partial charge in [-0.25, -0.2) is 5.01 Å². The quantitative estimate of drug-likeness (QED) is 0.275. The maximum absolute atomic E-state index is 14.0. The highest BCUT2D eigenvalue weighted by Crippen LogP contribution is 2.49. The molecule has 0 radical (unpaired) electrons. The molecule has 1 amide bonds. The number of amides is 1. The first-order valence-electron chi connectivity index (χ1n) is 15.9. The Labute approximate surface area is 241 Å². The highest BCUT2D eigenvalue weighted by molar-refractivity contribution is 8.00. The van der Waals surface area contributed by atoms with Gasteiger partial charge in [0.2, 0.25) is 5.91 Å². The topological polar surface area (TPSA) is 44.8 Å². The van der Waals surface area contributed by atoms with Crippen LogP contribution in [0.15, 0.2) is 30.3 Å². The summed E-state index contributed by atoms with van der Waals surface area (Å²) < 4.78 is 5.54. The number of hydrogen-bond donors (Lipinski definition) is 1. The van der Waals surface area contributed by atoms with E-state index in [0.29, 0.717) is 6.04 Å². The van der Waals surface area contributed by atoms with Crippen molar-refractivity contribution in [2.24, 2.45) is 5.92 Å². The average molecular weight is 554 g/mol. The molecule has 0 aromatic heterocycles. The summed E-state index contributed by atoms with van der Waals surface area (Å²) in [5.41, 5.74) is 4.81. The minimum atomic E-state index is 0.178. The molecule has 4 fully saturated rings. The predicted molar refractivity (Wildman–Crippen MR) is 164 cm³/mol. The number of hydrogen-bond acceptors (Lipinski definition) is 5. The van der Waals surface area contributed by atoms with E-state index in [9.17, 15) is 4.79 Å². The monoisotopic (exact) mass is 553 g/mol. The van der Waals surface area contributed by atoms with E-state index in [1.54, 1.807) is 7.11 Å². The van der Waals surface area contributed by atoms with Crippen molar-refractivity contribution in [1.29, 1.82) is 0 Å². The van der Waals surface area contributed by atoms with Crippen LogP contribution < -0.4 is 10.2 Å². The van der Waals surface area contributed by atoms with Crippen LogP contribution in [0.3, 0.4) is 0 Å². The summed E-state index contributed by atoms with van der Waals surface area (Å²) >= 11 is 2.20. The number of ether oxygens (including phenoxy) is 1. The van der Waals surface area contributed by atoms with Crippen LogP contribution >= 0.6 is 11.8 Å². The number of carbonyl (C=O) groups excluding carboxylic acids is 1. The summed E-state index contributed by atoms with van der Waals surface area (Å²) in [6.45, 7) is 2.74. The van der Waals surface area contributed by atoms with Crippen LogP contribution in [-0.2, 0) is 4.79 Å². The van der Waals surface area contributed by atoms with Crippen molar-refractivity contribution in [2.45, 2.75) is 113 Å². The first kappa shape index (κ1) is 29.0. The van der Waals surface area contributed by atoms with E-state index in [4.69, 9.17) is 4.74 Å². The Morgan fingerprint density at radius 3 is 2.31 bits per heavy atom. The minimum Gasteiger partial charge on any atom is -0.497 e. The fourth-order valence-electron chi connectivity index (χ4n) is 7.57. The lowest BCUT2D eigenvalue weighted by Crippen LogP contribution is -2.52. The van der Waals surface area contributed by atoms with Crippen molar-refractivity contribution in [3.63, 3.8) is 0 Å². The fourth-order valence-corrected chi connectivity index (χ4v) is 9.25. The third kappa shape index (κ3) is 7.62. The van der Waals surface area contributed by atoms with Crippen LogP contribution in [0.5, 0.6) is 5.75 Å². The molecule has 2 saturated carbocycles. The molecule has 2 unspecified atom stereocenters. The summed E-state index contributed by atoms with van der Waals surface area (Å²) in [7, 11) is 1.69. The molecular weight excluding hydrogens is 502 g/mol. The number of methoxy groups -OCH3 is 1. The number of rotatable bonds is 8. The maximum atomic E-state index is 14.0. The van der Waals surface area contributed by atoms with Crippen LogP contribution in [-0.4, -0.2) is 65.1 Å². The highest BCUT2D eigenvalue weighted by atomic mass is 32.2. The van der Waals surface area contributed by atoms with Crippen molar-refractivity contribution in [3.05, 3.63) is 35.9 Å². The molecule has 1 aromatic rings. The third-order valence-corrected chi connectivity index (χ3v) is 11.6. The predicted octanol–water partition coefficient (Wildman–Crippen LogP) is 7.07. The molecule has 5 nitrogen and oxygen atoms in total. The Bertz CT molecular complexity index is 913. The van der Waals surface area contributed by atoms with Gasteiger partial charge in [-0.15, -0.1) is 0 Å². The van der Waals surface area contributed by atoms with Gasteiger partial charge >= 0.3 is 0 Å². The second-order valence-corrected chi connectivity index (χ2v) is 14.0. The molecule has 2 saturated heterocycles. The zero-order chi connectivity index (χ0) is 26.9. The molecular formula is C33H51N3O2S. The zero-order valence-corrected chi connectivity index (χ0v) is 25.1. The van der Waals surface area contributed by atoms with Gasteiger partial charge < -0.3 is 9.64 Å². The molecule has 1 N–H and O–H groups in total.